The molecule has 7 aliphatic carbocycles. The highest BCUT2D eigenvalue weighted by Gasteiger charge is 2.51. The van der Waals surface area contributed by atoms with Crippen LogP contribution in [0.2, 0.25) is 0 Å². The maximum absolute atomic E-state index is 7.15. The molecule has 6 heterocycles. The number of fused-ring (bicyclic) bond motifs is 14. The zero-order valence-corrected chi connectivity index (χ0v) is 44.5. The van der Waals surface area contributed by atoms with Gasteiger partial charge in [-0.1, -0.05) is 116 Å². The van der Waals surface area contributed by atoms with Gasteiger partial charge in [-0.2, -0.15) is 0 Å². The fourth-order valence-corrected chi connectivity index (χ4v) is 16.4. The molecule has 4 aliphatic heterocycles. The van der Waals surface area contributed by atoms with Gasteiger partial charge in [0.2, 0.25) is 0 Å². The summed E-state index contributed by atoms with van der Waals surface area (Å²) in [6, 6.07) is 27.7. The van der Waals surface area contributed by atoms with Gasteiger partial charge in [-0.25, -0.2) is 4.99 Å². The van der Waals surface area contributed by atoms with Gasteiger partial charge in [0.1, 0.15) is 41.0 Å². The summed E-state index contributed by atoms with van der Waals surface area (Å²) in [6.07, 6.45) is 45.6. The molecule has 1 saturated carbocycles. The van der Waals surface area contributed by atoms with Crippen LogP contribution in [0.15, 0.2) is 176 Å². The fraction of sp³-hybridized carbons (Fsp3) is 0.377. The van der Waals surface area contributed by atoms with E-state index in [0.717, 1.165) is 93.0 Å². The molecule has 3 aromatic carbocycles. The number of dihydropyridines is 1. The van der Waals surface area contributed by atoms with Gasteiger partial charge in [-0.05, 0) is 142 Å². The van der Waals surface area contributed by atoms with Crippen molar-refractivity contribution >= 4 is 45.9 Å². The van der Waals surface area contributed by atoms with E-state index in [1.54, 1.807) is 0 Å². The molecule has 9 unspecified atom stereocenters. The molecule has 0 spiro atoms. The Kier molecular flexibility index (Phi) is 11.1. The number of anilines is 2. The van der Waals surface area contributed by atoms with Gasteiger partial charge in [-0.15, -0.1) is 0 Å². The highest BCUT2D eigenvalue weighted by Crippen LogP contribution is 2.60. The number of nitrogens with zero attached hydrogens (tertiary/aromatic N) is 4. The Bertz CT molecular complexity index is 3540. The molecule has 11 aliphatic rings. The van der Waals surface area contributed by atoms with Crippen LogP contribution in [0, 0.1) is 17.8 Å². The molecule has 8 heteroatoms. The smallest absolute Gasteiger partial charge is 0.137 e. The summed E-state index contributed by atoms with van der Waals surface area (Å²) in [5.41, 5.74) is 18.5. The summed E-state index contributed by atoms with van der Waals surface area (Å²) in [5, 5.41) is 9.72. The van der Waals surface area contributed by atoms with Gasteiger partial charge in [0.25, 0.3) is 0 Å². The number of allylic oxidation sites excluding steroid dienone is 11. The van der Waals surface area contributed by atoms with Crippen molar-refractivity contribution in [3.8, 4) is 0 Å². The molecular weight excluding hydrogens is 945 g/mol. The van der Waals surface area contributed by atoms with Crippen LogP contribution in [-0.4, -0.2) is 36.5 Å². The third-order valence-electron chi connectivity index (χ3n) is 19.8. The standard InChI is InChI=1S/C69H70N6O2/c1-73-68(43-22-8-3-9-23-43)71-67(42-20-6-2-7-21-42)72-69(73)53-40-44(47-30-18-34-56-60(47)62-58(76-56)38-36-50-48-28-14-16-32-54(48)74(65(50)62)45-24-10-4-11-25-45)41-70-64(53)52-31-19-35-57-61(52)63-59(77-57)39-37-51-49-29-15-17-33-55(49)75(66(51)63)46-26-12-5-13-27-46/h2-6,8-12,18,22-26,31-32,34,36-40,42,47-50,55,65,67-68,70-71H,7,13-17,19-21,27-30,33,35,41H2,1H3. The first-order valence-electron chi connectivity index (χ1n) is 29.6. The van der Waals surface area contributed by atoms with Crippen LogP contribution in [0.5, 0.6) is 0 Å². The van der Waals surface area contributed by atoms with E-state index in [-0.39, 0.29) is 24.3 Å². The van der Waals surface area contributed by atoms with E-state index in [0.29, 0.717) is 29.7 Å². The molecule has 0 radical (unpaired) electrons. The lowest BCUT2D eigenvalue weighted by atomic mass is 9.74. The summed E-state index contributed by atoms with van der Waals surface area (Å²) >= 11 is 0. The Balaban J connectivity index is 0.894. The first-order chi connectivity index (χ1) is 38.1. The minimum Gasteiger partial charge on any atom is -0.460 e. The highest BCUT2D eigenvalue weighted by molar-refractivity contribution is 6.11. The molecule has 1 saturated heterocycles. The molecular formula is C69H70N6O2. The SMILES string of the molecule is CN1C(C2=C(C3=CCCc4oc5ccc6c(c5c43)N(C3=CC=CCC3)C3CCCCC63)NCC(C3CC=Cc4oc5c(c43)C3C(C=C5)C4CCCC=C4N3c3ccccc3)=C2)=NC(C2CC=CCC2)NC1c1ccccc1. The molecule has 2 N–H and O–H groups in total. The van der Waals surface area contributed by atoms with Crippen molar-refractivity contribution in [3.63, 3.8) is 0 Å². The number of amidine groups is 1. The van der Waals surface area contributed by atoms with Crippen LogP contribution in [-0.2, 0) is 6.42 Å². The second-order valence-electron chi connectivity index (χ2n) is 23.9. The Morgan fingerprint density at radius 2 is 1.60 bits per heavy atom. The third kappa shape index (κ3) is 7.29. The maximum Gasteiger partial charge on any atom is 0.137 e. The second kappa shape index (κ2) is 18.6. The minimum absolute atomic E-state index is 0.0504. The molecule has 388 valence electrons. The van der Waals surface area contributed by atoms with Gasteiger partial charge < -0.3 is 28.9 Å². The van der Waals surface area contributed by atoms with Gasteiger partial charge in [0.15, 0.2) is 0 Å². The van der Waals surface area contributed by atoms with E-state index in [1.807, 2.05) is 0 Å². The molecule has 16 rings (SSSR count). The number of hydrogen-bond donors (Lipinski definition) is 2. The number of furan rings is 2. The molecule has 0 bridgehead atoms. The second-order valence-corrected chi connectivity index (χ2v) is 23.9. The van der Waals surface area contributed by atoms with Crippen LogP contribution in [0.25, 0.3) is 28.7 Å². The first kappa shape index (κ1) is 46.1. The number of rotatable bonds is 7. The van der Waals surface area contributed by atoms with Crippen LogP contribution in [0.1, 0.15) is 159 Å². The number of aryl methyl sites for hydroxylation is 1. The Morgan fingerprint density at radius 1 is 0.727 bits per heavy atom. The Labute approximate surface area is 453 Å². The van der Waals surface area contributed by atoms with Crippen molar-refractivity contribution in [2.75, 3.05) is 23.4 Å². The number of benzene rings is 3. The van der Waals surface area contributed by atoms with Crippen LogP contribution < -0.4 is 20.4 Å². The molecule has 2 aromatic heterocycles. The first-order valence-corrected chi connectivity index (χ1v) is 29.6. The molecule has 77 heavy (non-hydrogen) atoms. The molecule has 5 aromatic rings. The summed E-state index contributed by atoms with van der Waals surface area (Å²) in [5.74, 6) is 6.11. The predicted octanol–water partition coefficient (Wildman–Crippen LogP) is 15.6. The fourth-order valence-electron chi connectivity index (χ4n) is 16.4. The topological polar surface area (TPSA) is 72.4 Å². The zero-order valence-electron chi connectivity index (χ0n) is 44.5. The van der Waals surface area contributed by atoms with Gasteiger partial charge in [-0.3, -0.25) is 5.32 Å². The highest BCUT2D eigenvalue weighted by atomic mass is 16.3. The Morgan fingerprint density at radius 3 is 2.47 bits per heavy atom. The number of likely N-dealkylation sites (N-methyl/N-ethyl adjacent to an activating group) is 1. The average molecular weight is 1020 g/mol. The molecule has 8 nitrogen and oxygen atoms in total. The lowest BCUT2D eigenvalue weighted by Crippen LogP contribution is -2.52. The van der Waals surface area contributed by atoms with E-state index in [4.69, 9.17) is 13.8 Å². The number of aliphatic imine (C=N–C) groups is 1. The van der Waals surface area contributed by atoms with Crippen molar-refractivity contribution < 1.29 is 8.83 Å². The zero-order chi connectivity index (χ0) is 50.7. The van der Waals surface area contributed by atoms with Crippen LogP contribution >= 0.6 is 0 Å². The predicted molar refractivity (Wildman–Crippen MR) is 312 cm³/mol. The van der Waals surface area contributed by atoms with Crippen LogP contribution in [0.3, 0.4) is 0 Å². The van der Waals surface area contributed by atoms with Gasteiger partial charge >= 0.3 is 0 Å². The number of para-hydroxylation sites is 1. The van der Waals surface area contributed by atoms with E-state index >= 15 is 0 Å². The lowest BCUT2D eigenvalue weighted by molar-refractivity contribution is 0.208. The van der Waals surface area contributed by atoms with Gasteiger partial charge in [0, 0.05) is 94.6 Å². The monoisotopic (exact) mass is 1010 g/mol. The number of nitrogens with one attached hydrogen (secondary N) is 2. The normalized spacial score (nSPS) is 29.8. The quantitative estimate of drug-likeness (QED) is 0.157. The van der Waals surface area contributed by atoms with Crippen molar-refractivity contribution in [1.82, 2.24) is 15.5 Å². The van der Waals surface area contributed by atoms with Crippen molar-refractivity contribution in [3.05, 3.63) is 207 Å². The van der Waals surface area contributed by atoms with E-state index in [9.17, 15) is 0 Å². The van der Waals surface area contributed by atoms with Crippen molar-refractivity contribution in [2.24, 2.45) is 22.7 Å². The average Bonchev–Trinajstić information content (AvgIpc) is 4.31. The summed E-state index contributed by atoms with van der Waals surface area (Å²) < 4.78 is 14.2. The molecule has 2 fully saturated rings. The van der Waals surface area contributed by atoms with E-state index < -0.39 is 0 Å². The summed E-state index contributed by atoms with van der Waals surface area (Å²) in [6.45, 7) is 0.723. The molecule has 0 amide bonds. The summed E-state index contributed by atoms with van der Waals surface area (Å²) in [4.78, 5) is 13.9. The van der Waals surface area contributed by atoms with Crippen molar-refractivity contribution in [1.29, 1.82) is 0 Å². The lowest BCUT2D eigenvalue weighted by Gasteiger charge is -2.43. The van der Waals surface area contributed by atoms with E-state index in [1.165, 1.54) is 117 Å². The Hall–Kier alpha value is -7.03. The molecule has 9 atom stereocenters. The summed E-state index contributed by atoms with van der Waals surface area (Å²) in [7, 11) is 2.27. The number of hydrogen-bond acceptors (Lipinski definition) is 8. The van der Waals surface area contributed by atoms with Crippen molar-refractivity contribution in [2.45, 2.75) is 133 Å². The van der Waals surface area contributed by atoms with E-state index in [2.05, 4.69) is 178 Å². The maximum atomic E-state index is 7.15. The third-order valence-corrected chi connectivity index (χ3v) is 19.8. The van der Waals surface area contributed by atoms with Gasteiger partial charge in [0.05, 0.1) is 22.8 Å². The van der Waals surface area contributed by atoms with Crippen LogP contribution in [0.4, 0.5) is 11.4 Å². The largest absolute Gasteiger partial charge is 0.460 e. The minimum atomic E-state index is -0.0613.